The molecule has 2 aliphatic heterocycles. The molecule has 6 nitrogen and oxygen atoms in total. The Balaban J connectivity index is 1.51. The van der Waals surface area contributed by atoms with Crippen molar-refractivity contribution in [1.82, 2.24) is 9.80 Å². The first-order valence-electron chi connectivity index (χ1n) is 8.68. The average Bonchev–Trinajstić information content (AvgIpc) is 2.62. The van der Waals surface area contributed by atoms with E-state index in [2.05, 4.69) is 17.0 Å². The van der Waals surface area contributed by atoms with E-state index in [4.69, 9.17) is 9.84 Å². The average molecular weight is 344 g/mol. The van der Waals surface area contributed by atoms with Gasteiger partial charge in [0.05, 0.1) is 11.7 Å². The summed E-state index contributed by atoms with van der Waals surface area (Å²) < 4.78 is 5.64. The summed E-state index contributed by atoms with van der Waals surface area (Å²) in [6, 6.07) is 10.3. The second-order valence-corrected chi connectivity index (χ2v) is 6.55. The van der Waals surface area contributed by atoms with E-state index in [9.17, 15) is 9.59 Å². The molecule has 0 saturated carbocycles. The maximum atomic E-state index is 12.6. The minimum atomic E-state index is -0.979. The van der Waals surface area contributed by atoms with E-state index < -0.39 is 18.2 Å². The molecule has 0 bridgehead atoms. The number of carbonyl (C=O) groups excluding carboxylic acids is 1. The smallest absolute Gasteiger partial charge is 0.333 e. The van der Waals surface area contributed by atoms with Gasteiger partial charge in [0.2, 0.25) is 0 Å². The molecule has 6 heteroatoms. The van der Waals surface area contributed by atoms with E-state index >= 15 is 0 Å². The molecule has 1 amide bonds. The largest absolute Gasteiger partial charge is 0.478 e. The molecule has 0 aliphatic carbocycles. The lowest BCUT2D eigenvalue weighted by molar-refractivity contribution is -0.150. The van der Waals surface area contributed by atoms with Crippen molar-refractivity contribution in [2.45, 2.75) is 32.1 Å². The van der Waals surface area contributed by atoms with Gasteiger partial charge in [0.25, 0.3) is 5.91 Å². The zero-order valence-corrected chi connectivity index (χ0v) is 14.4. The normalized spacial score (nSPS) is 24.7. The number of benzene rings is 1. The van der Waals surface area contributed by atoms with Gasteiger partial charge < -0.3 is 14.7 Å². The maximum absolute atomic E-state index is 12.6. The quantitative estimate of drug-likeness (QED) is 0.897. The van der Waals surface area contributed by atoms with Gasteiger partial charge in [0, 0.05) is 39.1 Å². The van der Waals surface area contributed by atoms with Crippen LogP contribution in [0.4, 0.5) is 0 Å². The third kappa shape index (κ3) is 4.27. The van der Waals surface area contributed by atoms with Gasteiger partial charge in [-0.2, -0.15) is 0 Å². The van der Waals surface area contributed by atoms with Crippen molar-refractivity contribution < 1.29 is 19.4 Å². The standard InChI is InChI=1S/C19H24N2O4/c1-14-16(19(23)24)7-8-17(25-14)18(22)21-11-9-20(10-12-21)13-15-5-3-2-4-6-15/h2-7,14,17H,8-13H2,1H3,(H,23,24). The maximum Gasteiger partial charge on any atom is 0.333 e. The summed E-state index contributed by atoms with van der Waals surface area (Å²) in [5, 5.41) is 9.08. The summed E-state index contributed by atoms with van der Waals surface area (Å²) in [6.07, 6.45) is 0.818. The van der Waals surface area contributed by atoms with Crippen molar-refractivity contribution in [1.29, 1.82) is 0 Å². The molecule has 25 heavy (non-hydrogen) atoms. The van der Waals surface area contributed by atoms with Gasteiger partial charge in [-0.1, -0.05) is 36.4 Å². The van der Waals surface area contributed by atoms with E-state index in [0.717, 1.165) is 19.6 Å². The molecule has 1 saturated heterocycles. The Morgan fingerprint density at radius 3 is 2.44 bits per heavy atom. The first-order valence-corrected chi connectivity index (χ1v) is 8.68. The molecule has 1 aromatic carbocycles. The Labute approximate surface area is 147 Å². The van der Waals surface area contributed by atoms with Crippen LogP contribution < -0.4 is 0 Å². The number of carbonyl (C=O) groups is 2. The van der Waals surface area contributed by atoms with Crippen molar-refractivity contribution in [3.8, 4) is 0 Å². The molecule has 2 heterocycles. The van der Waals surface area contributed by atoms with Crippen LogP contribution >= 0.6 is 0 Å². The minimum Gasteiger partial charge on any atom is -0.478 e. The Kier molecular flexibility index (Phi) is 5.50. The van der Waals surface area contributed by atoms with Crippen LogP contribution in [-0.4, -0.2) is 65.2 Å². The summed E-state index contributed by atoms with van der Waals surface area (Å²) in [5.74, 6) is -1.01. The first kappa shape index (κ1) is 17.6. The summed E-state index contributed by atoms with van der Waals surface area (Å²) >= 11 is 0. The van der Waals surface area contributed by atoms with E-state index in [1.165, 1.54) is 5.56 Å². The highest BCUT2D eigenvalue weighted by Gasteiger charge is 2.33. The van der Waals surface area contributed by atoms with E-state index in [1.807, 2.05) is 23.1 Å². The number of ether oxygens (including phenoxy) is 1. The van der Waals surface area contributed by atoms with Gasteiger partial charge in [0.1, 0.15) is 6.10 Å². The second kappa shape index (κ2) is 7.80. The molecule has 1 aromatic rings. The summed E-state index contributed by atoms with van der Waals surface area (Å²) in [4.78, 5) is 27.9. The Morgan fingerprint density at radius 1 is 1.16 bits per heavy atom. The number of rotatable bonds is 4. The number of nitrogens with zero attached hydrogens (tertiary/aromatic N) is 2. The molecule has 2 aliphatic rings. The molecule has 0 radical (unpaired) electrons. The second-order valence-electron chi connectivity index (χ2n) is 6.55. The number of hydrogen-bond donors (Lipinski definition) is 1. The van der Waals surface area contributed by atoms with Gasteiger partial charge in [-0.05, 0) is 12.5 Å². The van der Waals surface area contributed by atoms with Crippen LogP contribution in [-0.2, 0) is 20.9 Å². The van der Waals surface area contributed by atoms with Crippen LogP contribution in [0.25, 0.3) is 0 Å². The summed E-state index contributed by atoms with van der Waals surface area (Å²) in [6.45, 7) is 5.59. The molecule has 1 fully saturated rings. The fourth-order valence-corrected chi connectivity index (χ4v) is 3.37. The molecule has 0 aromatic heterocycles. The first-order chi connectivity index (χ1) is 12.0. The zero-order chi connectivity index (χ0) is 17.8. The Bertz CT molecular complexity index is 651. The molecule has 134 valence electrons. The number of carboxylic acid groups (broad SMARTS) is 1. The number of aliphatic carboxylic acids is 1. The third-order valence-corrected chi connectivity index (χ3v) is 4.81. The van der Waals surface area contributed by atoms with Gasteiger partial charge in [0.15, 0.2) is 0 Å². The number of hydrogen-bond acceptors (Lipinski definition) is 4. The van der Waals surface area contributed by atoms with Crippen LogP contribution in [0.3, 0.4) is 0 Å². The third-order valence-electron chi connectivity index (χ3n) is 4.81. The monoisotopic (exact) mass is 344 g/mol. The Hall–Kier alpha value is -2.18. The predicted octanol–water partition coefficient (Wildman–Crippen LogP) is 1.52. The van der Waals surface area contributed by atoms with Crippen molar-refractivity contribution in [3.05, 3.63) is 47.5 Å². The summed E-state index contributed by atoms with van der Waals surface area (Å²) in [7, 11) is 0. The van der Waals surface area contributed by atoms with Gasteiger partial charge in [-0.15, -0.1) is 0 Å². The van der Waals surface area contributed by atoms with Crippen LogP contribution in [0.2, 0.25) is 0 Å². The highest BCUT2D eigenvalue weighted by Crippen LogP contribution is 2.21. The predicted molar refractivity (Wildman–Crippen MR) is 93.0 cm³/mol. The molecular weight excluding hydrogens is 320 g/mol. The van der Waals surface area contributed by atoms with Gasteiger partial charge >= 0.3 is 5.97 Å². The molecule has 0 spiro atoms. The van der Waals surface area contributed by atoms with Gasteiger partial charge in [-0.25, -0.2) is 4.79 Å². The minimum absolute atomic E-state index is 0.0353. The highest BCUT2D eigenvalue weighted by atomic mass is 16.5. The topological polar surface area (TPSA) is 70.1 Å². The van der Waals surface area contributed by atoms with Crippen LogP contribution in [0.5, 0.6) is 0 Å². The summed E-state index contributed by atoms with van der Waals surface area (Å²) in [5.41, 5.74) is 1.51. The molecule has 3 rings (SSSR count). The SMILES string of the molecule is CC1OC(C(=O)N2CCN(Cc3ccccc3)CC2)CC=C1C(=O)O. The molecule has 2 unspecified atom stereocenters. The lowest BCUT2D eigenvalue weighted by atomic mass is 10.0. The number of piperazine rings is 1. The van der Waals surface area contributed by atoms with Crippen LogP contribution in [0, 0.1) is 0 Å². The Morgan fingerprint density at radius 2 is 1.84 bits per heavy atom. The molecular formula is C19H24N2O4. The van der Waals surface area contributed by atoms with E-state index in [1.54, 1.807) is 13.0 Å². The zero-order valence-electron chi connectivity index (χ0n) is 14.4. The van der Waals surface area contributed by atoms with Gasteiger partial charge in [-0.3, -0.25) is 9.69 Å². The van der Waals surface area contributed by atoms with Crippen LogP contribution in [0.15, 0.2) is 42.0 Å². The van der Waals surface area contributed by atoms with Crippen molar-refractivity contribution >= 4 is 11.9 Å². The van der Waals surface area contributed by atoms with E-state index in [-0.39, 0.29) is 11.5 Å². The van der Waals surface area contributed by atoms with Crippen molar-refractivity contribution in [2.24, 2.45) is 0 Å². The van der Waals surface area contributed by atoms with Crippen LogP contribution in [0.1, 0.15) is 18.9 Å². The van der Waals surface area contributed by atoms with Crippen molar-refractivity contribution in [3.63, 3.8) is 0 Å². The highest BCUT2D eigenvalue weighted by molar-refractivity contribution is 5.89. The molecule has 2 atom stereocenters. The number of carboxylic acids is 1. The number of amides is 1. The lowest BCUT2D eigenvalue weighted by Crippen LogP contribution is -2.52. The van der Waals surface area contributed by atoms with E-state index in [0.29, 0.717) is 19.5 Å². The fraction of sp³-hybridized carbons (Fsp3) is 0.474. The fourth-order valence-electron chi connectivity index (χ4n) is 3.37. The lowest BCUT2D eigenvalue weighted by Gasteiger charge is -2.37. The molecule has 1 N–H and O–H groups in total. The van der Waals surface area contributed by atoms with Crippen molar-refractivity contribution in [2.75, 3.05) is 26.2 Å².